The normalized spacial score (nSPS) is 13.2. The molecule has 0 aliphatic carbocycles. The zero-order valence-corrected chi connectivity index (χ0v) is 13.8. The number of nitrogens with zero attached hydrogens (tertiary/aromatic N) is 2. The Morgan fingerprint density at radius 2 is 2.00 bits per heavy atom. The number of carbonyl (C=O) groups is 1. The zero-order valence-electron chi connectivity index (χ0n) is 11.4. The lowest BCUT2D eigenvalue weighted by Gasteiger charge is -2.21. The summed E-state index contributed by atoms with van der Waals surface area (Å²) in [7, 11) is -3.06. The first-order valence-electron chi connectivity index (χ1n) is 5.65. The number of hydrogen-bond donors (Lipinski definition) is 1. The summed E-state index contributed by atoms with van der Waals surface area (Å²) in [4.78, 5) is 20.8. The molecule has 1 rings (SSSR count). The average molecular weight is 381 g/mol. The predicted octanol–water partition coefficient (Wildman–Crippen LogP) is 1.76. The highest BCUT2D eigenvalue weighted by Crippen LogP contribution is 2.31. The quantitative estimate of drug-likeness (QED) is 0.613. The second-order valence-corrected chi connectivity index (χ2v) is 7.19. The van der Waals surface area contributed by atoms with E-state index in [1.54, 1.807) is 0 Å². The van der Waals surface area contributed by atoms with E-state index in [-0.39, 0.29) is 20.6 Å². The summed E-state index contributed by atoms with van der Waals surface area (Å²) in [5, 5.41) is 19.8. The van der Waals surface area contributed by atoms with E-state index < -0.39 is 27.0 Å². The maximum atomic E-state index is 12.3. The zero-order chi connectivity index (χ0) is 16.5. The van der Waals surface area contributed by atoms with Gasteiger partial charge in [0.2, 0.25) is 10.0 Å². The number of rotatable bonds is 5. The topological polar surface area (TPSA) is 118 Å². The molecule has 0 saturated carbocycles. The Morgan fingerprint density at radius 3 is 2.43 bits per heavy atom. The minimum Gasteiger partial charge on any atom is -0.480 e. The predicted molar refractivity (Wildman–Crippen MR) is 77.6 cm³/mol. The average Bonchev–Trinajstić information content (AvgIpc) is 2.39. The maximum absolute atomic E-state index is 12.3. The van der Waals surface area contributed by atoms with Gasteiger partial charge in [-0.05, 0) is 19.9 Å². The van der Waals surface area contributed by atoms with Crippen molar-refractivity contribution in [2.75, 3.05) is 7.05 Å². The molecule has 0 aliphatic rings. The van der Waals surface area contributed by atoms with Crippen LogP contribution in [0.5, 0.6) is 0 Å². The Labute approximate surface area is 129 Å². The summed E-state index contributed by atoms with van der Waals surface area (Å²) in [5.41, 5.74) is -0.0767. The van der Waals surface area contributed by atoms with Crippen LogP contribution in [-0.2, 0) is 14.8 Å². The van der Waals surface area contributed by atoms with Crippen LogP contribution in [0.1, 0.15) is 12.5 Å². The summed E-state index contributed by atoms with van der Waals surface area (Å²) in [5.74, 6) is -1.32. The van der Waals surface area contributed by atoms with Crippen molar-refractivity contribution in [1.82, 2.24) is 4.31 Å². The van der Waals surface area contributed by atoms with Gasteiger partial charge in [-0.25, -0.2) is 8.42 Å². The molecule has 8 nitrogen and oxygen atoms in total. The molecule has 0 aromatic heterocycles. The fourth-order valence-electron chi connectivity index (χ4n) is 1.51. The molecule has 0 amide bonds. The van der Waals surface area contributed by atoms with E-state index in [1.165, 1.54) is 19.9 Å². The second kappa shape index (κ2) is 6.08. The first-order valence-corrected chi connectivity index (χ1v) is 7.88. The van der Waals surface area contributed by atoms with Gasteiger partial charge in [0.25, 0.3) is 5.69 Å². The molecule has 1 N–H and O–H groups in total. The van der Waals surface area contributed by atoms with Crippen LogP contribution in [0.25, 0.3) is 0 Å². The molecular weight excluding hydrogens is 368 g/mol. The van der Waals surface area contributed by atoms with Crippen molar-refractivity contribution in [3.8, 4) is 0 Å². The SMILES string of the molecule is Cc1c(Br)cc(S(=O)(=O)N(C)C(C)C(=O)O)cc1[N+](=O)[O-]. The molecule has 0 radical (unpaired) electrons. The number of hydrogen-bond acceptors (Lipinski definition) is 5. The van der Waals surface area contributed by atoms with Crippen LogP contribution < -0.4 is 0 Å². The van der Waals surface area contributed by atoms with Crippen LogP contribution in [0.3, 0.4) is 0 Å². The standard InChI is InChI=1S/C11H13BrN2O6S/c1-6-9(12)4-8(5-10(6)14(17)18)21(19,20)13(3)7(2)11(15)16/h4-5,7H,1-3H3,(H,15,16). The molecule has 0 aliphatic heterocycles. The van der Waals surface area contributed by atoms with Crippen LogP contribution in [0.4, 0.5) is 5.69 Å². The first kappa shape index (κ1) is 17.5. The van der Waals surface area contributed by atoms with E-state index in [2.05, 4.69) is 15.9 Å². The summed E-state index contributed by atoms with van der Waals surface area (Å²) in [6.07, 6.45) is 0. The van der Waals surface area contributed by atoms with Gasteiger partial charge in [-0.1, -0.05) is 15.9 Å². The molecule has 0 bridgehead atoms. The highest BCUT2D eigenvalue weighted by molar-refractivity contribution is 9.10. The van der Waals surface area contributed by atoms with Crippen molar-refractivity contribution in [2.45, 2.75) is 24.8 Å². The molecule has 1 atom stereocenters. The number of benzene rings is 1. The largest absolute Gasteiger partial charge is 0.480 e. The van der Waals surface area contributed by atoms with E-state index in [0.717, 1.165) is 13.1 Å². The first-order chi connectivity index (χ1) is 9.50. The third-order valence-corrected chi connectivity index (χ3v) is 5.80. The molecule has 0 fully saturated rings. The van der Waals surface area contributed by atoms with Gasteiger partial charge in [0.05, 0.1) is 9.82 Å². The van der Waals surface area contributed by atoms with Gasteiger partial charge < -0.3 is 5.11 Å². The molecule has 10 heteroatoms. The highest BCUT2D eigenvalue weighted by Gasteiger charge is 2.31. The Bertz CT molecular complexity index is 703. The highest BCUT2D eigenvalue weighted by atomic mass is 79.9. The summed E-state index contributed by atoms with van der Waals surface area (Å²) >= 11 is 3.07. The fourth-order valence-corrected chi connectivity index (χ4v) is 3.48. The van der Waals surface area contributed by atoms with Crippen molar-refractivity contribution in [3.05, 3.63) is 32.3 Å². The van der Waals surface area contributed by atoms with Gasteiger partial charge in [-0.3, -0.25) is 14.9 Å². The van der Waals surface area contributed by atoms with Crippen molar-refractivity contribution in [1.29, 1.82) is 0 Å². The van der Waals surface area contributed by atoms with Crippen LogP contribution in [-0.4, -0.2) is 41.8 Å². The number of carboxylic acid groups (broad SMARTS) is 1. The van der Waals surface area contributed by atoms with Gasteiger partial charge >= 0.3 is 5.97 Å². The monoisotopic (exact) mass is 380 g/mol. The number of halogens is 1. The third-order valence-electron chi connectivity index (χ3n) is 3.07. The molecule has 1 aromatic rings. The Hall–Kier alpha value is -1.52. The molecule has 1 aromatic carbocycles. The van der Waals surface area contributed by atoms with Crippen LogP contribution in [0.2, 0.25) is 0 Å². The third kappa shape index (κ3) is 3.39. The lowest BCUT2D eigenvalue weighted by molar-refractivity contribution is -0.385. The molecule has 21 heavy (non-hydrogen) atoms. The smallest absolute Gasteiger partial charge is 0.321 e. The Morgan fingerprint density at radius 1 is 1.48 bits per heavy atom. The lowest BCUT2D eigenvalue weighted by Crippen LogP contribution is -2.40. The fraction of sp³-hybridized carbons (Fsp3) is 0.364. The minimum absolute atomic E-state index is 0.256. The number of nitro benzene ring substituents is 1. The molecule has 0 heterocycles. The molecule has 1 unspecified atom stereocenters. The van der Waals surface area contributed by atoms with Crippen LogP contribution >= 0.6 is 15.9 Å². The van der Waals surface area contributed by atoms with E-state index in [0.29, 0.717) is 4.31 Å². The van der Waals surface area contributed by atoms with E-state index >= 15 is 0 Å². The van der Waals surface area contributed by atoms with Gasteiger partial charge in [-0.2, -0.15) is 4.31 Å². The number of nitro groups is 1. The Kier molecular flexibility index (Phi) is 5.07. The van der Waals surface area contributed by atoms with E-state index in [4.69, 9.17) is 5.11 Å². The van der Waals surface area contributed by atoms with Crippen molar-refractivity contribution >= 4 is 37.6 Å². The Balaban J connectivity index is 3.46. The number of likely N-dealkylation sites (N-methyl/N-ethyl adjacent to an activating group) is 1. The van der Waals surface area contributed by atoms with E-state index in [1.807, 2.05) is 0 Å². The van der Waals surface area contributed by atoms with E-state index in [9.17, 15) is 23.3 Å². The lowest BCUT2D eigenvalue weighted by atomic mass is 10.2. The van der Waals surface area contributed by atoms with Crippen molar-refractivity contribution < 1.29 is 23.2 Å². The van der Waals surface area contributed by atoms with Crippen molar-refractivity contribution in [3.63, 3.8) is 0 Å². The molecule has 0 spiro atoms. The number of aliphatic carboxylic acids is 1. The maximum Gasteiger partial charge on any atom is 0.321 e. The molecule has 0 saturated heterocycles. The van der Waals surface area contributed by atoms with Gasteiger partial charge in [-0.15, -0.1) is 0 Å². The van der Waals surface area contributed by atoms with Gasteiger partial charge in [0, 0.05) is 23.2 Å². The summed E-state index contributed by atoms with van der Waals surface area (Å²) in [6, 6.07) is 0.831. The molecular formula is C11H13BrN2O6S. The van der Waals surface area contributed by atoms with Crippen molar-refractivity contribution in [2.24, 2.45) is 0 Å². The van der Waals surface area contributed by atoms with Crippen LogP contribution in [0, 0.1) is 17.0 Å². The van der Waals surface area contributed by atoms with Gasteiger partial charge in [0.15, 0.2) is 0 Å². The molecule has 116 valence electrons. The van der Waals surface area contributed by atoms with Crippen LogP contribution in [0.15, 0.2) is 21.5 Å². The van der Waals surface area contributed by atoms with Gasteiger partial charge in [0.1, 0.15) is 6.04 Å². The summed E-state index contributed by atoms with van der Waals surface area (Å²) in [6.45, 7) is 2.68. The number of carboxylic acids is 1. The summed E-state index contributed by atoms with van der Waals surface area (Å²) < 4.78 is 25.6. The second-order valence-electron chi connectivity index (χ2n) is 4.34. The number of sulfonamides is 1. The minimum atomic E-state index is -4.16.